The Morgan fingerprint density at radius 2 is 1.93 bits per heavy atom. The van der Waals surface area contributed by atoms with E-state index in [0.29, 0.717) is 42.3 Å². The number of likely N-dealkylation sites (tertiary alicyclic amines) is 2. The molecule has 0 N–H and O–H groups in total. The van der Waals surface area contributed by atoms with Crippen LogP contribution in [0, 0.1) is 24.6 Å². The van der Waals surface area contributed by atoms with Crippen molar-refractivity contribution in [1.29, 1.82) is 0 Å². The van der Waals surface area contributed by atoms with Crippen LogP contribution in [0.4, 0.5) is 4.39 Å². The lowest BCUT2D eigenvalue weighted by Crippen LogP contribution is -2.33. The molecule has 0 aliphatic carbocycles. The smallest absolute Gasteiger partial charge is 0.257 e. The number of aryl methyl sites for hydroxylation is 1. The van der Waals surface area contributed by atoms with Gasteiger partial charge in [0, 0.05) is 31.6 Å². The van der Waals surface area contributed by atoms with E-state index >= 15 is 0 Å². The Hall–Kier alpha value is -2.40. The van der Waals surface area contributed by atoms with Gasteiger partial charge in [0.25, 0.3) is 5.91 Å². The fraction of sp³-hybridized carbons (Fsp3) is 0.409. The monoisotopic (exact) mass is 368 g/mol. The van der Waals surface area contributed by atoms with Crippen LogP contribution in [0.5, 0.6) is 5.75 Å². The van der Waals surface area contributed by atoms with E-state index in [1.807, 2.05) is 4.90 Å². The molecule has 4 rings (SSSR count). The Labute approximate surface area is 159 Å². The highest BCUT2D eigenvalue weighted by molar-refractivity contribution is 5.97. The van der Waals surface area contributed by atoms with E-state index in [0.717, 1.165) is 6.54 Å². The zero-order valence-electron chi connectivity index (χ0n) is 16.0. The molecule has 2 aromatic rings. The fourth-order valence-electron chi connectivity index (χ4n) is 4.83. The molecule has 4 nitrogen and oxygen atoms in total. The molecule has 2 aromatic carbocycles. The Morgan fingerprint density at radius 1 is 1.15 bits per heavy atom. The van der Waals surface area contributed by atoms with Crippen LogP contribution in [-0.2, 0) is 0 Å². The Kier molecular flexibility index (Phi) is 4.64. The predicted octanol–water partition coefficient (Wildman–Crippen LogP) is 3.52. The molecule has 0 bridgehead atoms. The third-order valence-electron chi connectivity index (χ3n) is 6.08. The van der Waals surface area contributed by atoms with Crippen molar-refractivity contribution in [3.8, 4) is 5.75 Å². The number of hydrogen-bond acceptors (Lipinski definition) is 3. The minimum absolute atomic E-state index is 0.146. The summed E-state index contributed by atoms with van der Waals surface area (Å²) in [5.41, 5.74) is 2.93. The van der Waals surface area contributed by atoms with Crippen molar-refractivity contribution in [3.63, 3.8) is 0 Å². The molecule has 1 amide bonds. The Balaban J connectivity index is 1.59. The number of carbonyl (C=O) groups is 1. The van der Waals surface area contributed by atoms with Crippen molar-refractivity contribution in [2.24, 2.45) is 11.8 Å². The number of carbonyl (C=O) groups excluding carboxylic acids is 1. The molecule has 5 heteroatoms. The van der Waals surface area contributed by atoms with E-state index in [1.165, 1.54) is 36.4 Å². The molecule has 3 atom stereocenters. The topological polar surface area (TPSA) is 32.8 Å². The summed E-state index contributed by atoms with van der Waals surface area (Å²) in [5.74, 6) is 0.678. The Morgan fingerprint density at radius 3 is 2.67 bits per heavy atom. The summed E-state index contributed by atoms with van der Waals surface area (Å²) in [5, 5.41) is 0. The lowest BCUT2D eigenvalue weighted by Gasteiger charge is -2.28. The first-order valence-corrected chi connectivity index (χ1v) is 9.38. The zero-order chi connectivity index (χ0) is 19.1. The van der Waals surface area contributed by atoms with Gasteiger partial charge >= 0.3 is 0 Å². The summed E-state index contributed by atoms with van der Waals surface area (Å²) in [6.07, 6.45) is 0. The van der Waals surface area contributed by atoms with Crippen molar-refractivity contribution in [1.82, 2.24) is 9.80 Å². The molecule has 2 heterocycles. The van der Waals surface area contributed by atoms with Crippen molar-refractivity contribution in [2.45, 2.75) is 13.0 Å². The second-order valence-corrected chi connectivity index (χ2v) is 7.72. The molecular weight excluding hydrogens is 343 g/mol. The van der Waals surface area contributed by atoms with Gasteiger partial charge in [0.15, 0.2) is 0 Å². The van der Waals surface area contributed by atoms with Gasteiger partial charge in [-0.15, -0.1) is 0 Å². The number of hydrogen-bond donors (Lipinski definition) is 0. The first-order valence-electron chi connectivity index (χ1n) is 9.38. The van der Waals surface area contributed by atoms with E-state index in [9.17, 15) is 9.18 Å². The Bertz CT molecular complexity index is 869. The standard InChI is InChI=1S/C22H25FN2O2/c1-14-6-4-5-7-17(14)21-19-13-25(12-15(19)11-24(21)2)22(26)18-10-16(23)8-9-20(18)27-3/h4-10,15,19,21H,11-13H2,1-3H3/t15-,19+,21+/m0/s1. The molecule has 0 spiro atoms. The van der Waals surface area contributed by atoms with Crippen LogP contribution in [0.1, 0.15) is 27.5 Å². The highest BCUT2D eigenvalue weighted by Gasteiger charge is 2.47. The number of rotatable bonds is 3. The number of ether oxygens (including phenoxy) is 1. The fourth-order valence-corrected chi connectivity index (χ4v) is 4.83. The number of nitrogens with zero attached hydrogens (tertiary/aromatic N) is 2. The van der Waals surface area contributed by atoms with Crippen molar-refractivity contribution >= 4 is 5.91 Å². The maximum Gasteiger partial charge on any atom is 0.257 e. The lowest BCUT2D eigenvalue weighted by atomic mass is 9.88. The normalized spacial score (nSPS) is 24.9. The summed E-state index contributed by atoms with van der Waals surface area (Å²) in [6.45, 7) is 4.50. The average Bonchev–Trinajstić information content (AvgIpc) is 3.18. The van der Waals surface area contributed by atoms with Gasteiger partial charge in [-0.3, -0.25) is 9.69 Å². The van der Waals surface area contributed by atoms with Gasteiger partial charge in [0.1, 0.15) is 11.6 Å². The molecule has 142 valence electrons. The zero-order valence-corrected chi connectivity index (χ0v) is 16.0. The third kappa shape index (κ3) is 3.10. The minimum atomic E-state index is -0.420. The summed E-state index contributed by atoms with van der Waals surface area (Å²) < 4.78 is 19.0. The van der Waals surface area contributed by atoms with E-state index in [-0.39, 0.29) is 5.91 Å². The van der Waals surface area contributed by atoms with Crippen LogP contribution in [0.15, 0.2) is 42.5 Å². The largest absolute Gasteiger partial charge is 0.496 e. The summed E-state index contributed by atoms with van der Waals surface area (Å²) in [6, 6.07) is 12.9. The molecule has 27 heavy (non-hydrogen) atoms. The van der Waals surface area contributed by atoms with Crippen LogP contribution < -0.4 is 4.74 Å². The van der Waals surface area contributed by atoms with Gasteiger partial charge in [-0.05, 0) is 49.2 Å². The maximum absolute atomic E-state index is 13.7. The lowest BCUT2D eigenvalue weighted by molar-refractivity contribution is 0.0764. The number of halogens is 1. The van der Waals surface area contributed by atoms with E-state index < -0.39 is 5.82 Å². The highest BCUT2D eigenvalue weighted by Crippen LogP contribution is 2.45. The second-order valence-electron chi connectivity index (χ2n) is 7.72. The highest BCUT2D eigenvalue weighted by atomic mass is 19.1. The minimum Gasteiger partial charge on any atom is -0.496 e. The molecule has 0 unspecified atom stereocenters. The van der Waals surface area contributed by atoms with Crippen LogP contribution in [0.2, 0.25) is 0 Å². The number of fused-ring (bicyclic) bond motifs is 1. The molecule has 2 fully saturated rings. The quantitative estimate of drug-likeness (QED) is 0.831. The third-order valence-corrected chi connectivity index (χ3v) is 6.08. The molecule has 0 aromatic heterocycles. The number of amides is 1. The van der Waals surface area contributed by atoms with Gasteiger partial charge in [-0.2, -0.15) is 0 Å². The van der Waals surface area contributed by atoms with Crippen LogP contribution >= 0.6 is 0 Å². The van der Waals surface area contributed by atoms with E-state index in [1.54, 1.807) is 0 Å². The van der Waals surface area contributed by atoms with Crippen molar-refractivity contribution < 1.29 is 13.9 Å². The number of methoxy groups -OCH3 is 1. The first-order chi connectivity index (χ1) is 13.0. The molecule has 0 radical (unpaired) electrons. The number of benzene rings is 2. The maximum atomic E-state index is 13.7. The second kappa shape index (κ2) is 6.97. The molecule has 0 saturated carbocycles. The van der Waals surface area contributed by atoms with Gasteiger partial charge in [0.2, 0.25) is 0 Å². The first kappa shape index (κ1) is 18.0. The van der Waals surface area contributed by atoms with Crippen molar-refractivity contribution in [3.05, 3.63) is 65.0 Å². The molecular formula is C22H25FN2O2. The summed E-state index contributed by atoms with van der Waals surface area (Å²) in [7, 11) is 3.67. The van der Waals surface area contributed by atoms with E-state index in [2.05, 4.69) is 43.1 Å². The van der Waals surface area contributed by atoms with Gasteiger partial charge in [-0.25, -0.2) is 4.39 Å². The molecule has 2 saturated heterocycles. The van der Waals surface area contributed by atoms with E-state index in [4.69, 9.17) is 4.74 Å². The van der Waals surface area contributed by atoms with Crippen LogP contribution in [-0.4, -0.2) is 49.5 Å². The summed E-state index contributed by atoms with van der Waals surface area (Å²) >= 11 is 0. The predicted molar refractivity (Wildman–Crippen MR) is 102 cm³/mol. The molecule has 2 aliphatic rings. The molecule has 2 aliphatic heterocycles. The average molecular weight is 368 g/mol. The van der Waals surface area contributed by atoms with Crippen LogP contribution in [0.3, 0.4) is 0 Å². The van der Waals surface area contributed by atoms with Gasteiger partial charge in [-0.1, -0.05) is 24.3 Å². The van der Waals surface area contributed by atoms with Crippen LogP contribution in [0.25, 0.3) is 0 Å². The van der Waals surface area contributed by atoms with Gasteiger partial charge < -0.3 is 9.64 Å². The SMILES string of the molecule is COc1ccc(F)cc1C(=O)N1C[C@@H]2CN(C)[C@H](c3ccccc3C)[C@@H]2C1. The van der Waals surface area contributed by atoms with Crippen molar-refractivity contribution in [2.75, 3.05) is 33.8 Å². The van der Waals surface area contributed by atoms with Gasteiger partial charge in [0.05, 0.1) is 12.7 Å². The summed E-state index contributed by atoms with van der Waals surface area (Å²) in [4.78, 5) is 17.3.